The quantitative estimate of drug-likeness (QED) is 0.367. The van der Waals surface area contributed by atoms with Crippen LogP contribution in [0.5, 0.6) is 0 Å². The Labute approximate surface area is 156 Å². The normalized spacial score (nSPS) is 16.3. The van der Waals surface area contributed by atoms with Crippen LogP contribution < -0.4 is 16.0 Å². The van der Waals surface area contributed by atoms with Crippen molar-refractivity contribution in [2.75, 3.05) is 46.3 Å². The van der Waals surface area contributed by atoms with Crippen LogP contribution in [0.4, 0.5) is 0 Å². The highest BCUT2D eigenvalue weighted by molar-refractivity contribution is 5.93. The standard InChI is InChI=1S/C19H32N6O/c1-16-6-13-25(14-7-16)12-4-9-23-19(20-2)24-11-10-22-18(26)17-5-3-8-21-15-17/h3,5,8,15-16H,4,6-7,9-14H2,1-2H3,(H,22,26)(H2,20,23,24). The van der Waals surface area contributed by atoms with Gasteiger partial charge in [0.05, 0.1) is 5.56 Å². The molecule has 1 fully saturated rings. The number of nitrogens with zero attached hydrogens (tertiary/aromatic N) is 3. The van der Waals surface area contributed by atoms with Gasteiger partial charge in [0.25, 0.3) is 5.91 Å². The molecule has 26 heavy (non-hydrogen) atoms. The molecule has 0 saturated carbocycles. The van der Waals surface area contributed by atoms with Gasteiger partial charge in [-0.1, -0.05) is 6.92 Å². The Balaban J connectivity index is 1.53. The van der Waals surface area contributed by atoms with Crippen LogP contribution in [-0.2, 0) is 0 Å². The summed E-state index contributed by atoms with van der Waals surface area (Å²) in [5.41, 5.74) is 0.571. The number of amides is 1. The summed E-state index contributed by atoms with van der Waals surface area (Å²) in [6, 6.07) is 3.50. The number of carbonyl (C=O) groups is 1. The predicted octanol–water partition coefficient (Wildman–Crippen LogP) is 1.10. The van der Waals surface area contributed by atoms with Crippen LogP contribution in [-0.4, -0.2) is 68.1 Å². The third kappa shape index (κ3) is 7.39. The van der Waals surface area contributed by atoms with Gasteiger partial charge in [-0.15, -0.1) is 0 Å². The lowest BCUT2D eigenvalue weighted by molar-refractivity contribution is 0.0954. The fourth-order valence-corrected chi connectivity index (χ4v) is 2.97. The number of pyridine rings is 1. The van der Waals surface area contributed by atoms with E-state index in [1.54, 1.807) is 31.6 Å². The van der Waals surface area contributed by atoms with E-state index >= 15 is 0 Å². The number of nitrogens with one attached hydrogen (secondary N) is 3. The highest BCUT2D eigenvalue weighted by atomic mass is 16.1. The van der Waals surface area contributed by atoms with E-state index in [0.717, 1.165) is 31.4 Å². The van der Waals surface area contributed by atoms with Gasteiger partial charge in [-0.25, -0.2) is 0 Å². The third-order valence-electron chi connectivity index (χ3n) is 4.67. The summed E-state index contributed by atoms with van der Waals surface area (Å²) in [5, 5.41) is 9.40. The minimum absolute atomic E-state index is 0.112. The van der Waals surface area contributed by atoms with Gasteiger partial charge in [0.15, 0.2) is 5.96 Å². The zero-order valence-corrected chi connectivity index (χ0v) is 16.0. The molecule has 144 valence electrons. The van der Waals surface area contributed by atoms with E-state index < -0.39 is 0 Å². The number of carbonyl (C=O) groups excluding carboxylic acids is 1. The number of guanidine groups is 1. The van der Waals surface area contributed by atoms with E-state index in [4.69, 9.17) is 0 Å². The molecule has 1 saturated heterocycles. The van der Waals surface area contributed by atoms with E-state index in [2.05, 4.69) is 37.8 Å². The van der Waals surface area contributed by atoms with Crippen LogP contribution in [0.15, 0.2) is 29.5 Å². The number of hydrogen-bond acceptors (Lipinski definition) is 4. The largest absolute Gasteiger partial charge is 0.356 e. The molecule has 1 aromatic heterocycles. The van der Waals surface area contributed by atoms with Crippen LogP contribution in [0.25, 0.3) is 0 Å². The first kappa shape index (κ1) is 20.2. The maximum Gasteiger partial charge on any atom is 0.252 e. The molecular weight excluding hydrogens is 328 g/mol. The molecule has 0 bridgehead atoms. The smallest absolute Gasteiger partial charge is 0.252 e. The molecule has 0 spiro atoms. The van der Waals surface area contributed by atoms with Gasteiger partial charge < -0.3 is 20.9 Å². The van der Waals surface area contributed by atoms with Crippen LogP contribution >= 0.6 is 0 Å². The summed E-state index contributed by atoms with van der Waals surface area (Å²) >= 11 is 0. The second-order valence-corrected chi connectivity index (χ2v) is 6.80. The summed E-state index contributed by atoms with van der Waals surface area (Å²) in [7, 11) is 1.76. The van der Waals surface area contributed by atoms with E-state index in [1.165, 1.54) is 25.9 Å². The highest BCUT2D eigenvalue weighted by Crippen LogP contribution is 2.15. The number of rotatable bonds is 8. The summed E-state index contributed by atoms with van der Waals surface area (Å²) in [5.74, 6) is 1.54. The summed E-state index contributed by atoms with van der Waals surface area (Å²) < 4.78 is 0. The molecule has 1 amide bonds. The topological polar surface area (TPSA) is 81.7 Å². The Bertz CT molecular complexity index is 554. The Morgan fingerprint density at radius 3 is 2.65 bits per heavy atom. The summed E-state index contributed by atoms with van der Waals surface area (Å²) in [4.78, 5) is 22.6. The average molecular weight is 361 g/mol. The zero-order valence-electron chi connectivity index (χ0n) is 16.0. The second-order valence-electron chi connectivity index (χ2n) is 6.80. The van der Waals surface area contributed by atoms with Crippen LogP contribution in [0.2, 0.25) is 0 Å². The van der Waals surface area contributed by atoms with Crippen molar-refractivity contribution in [3.8, 4) is 0 Å². The van der Waals surface area contributed by atoms with Gasteiger partial charge in [-0.2, -0.15) is 0 Å². The lowest BCUT2D eigenvalue weighted by Gasteiger charge is -2.30. The zero-order chi connectivity index (χ0) is 18.6. The van der Waals surface area contributed by atoms with Crippen molar-refractivity contribution in [2.24, 2.45) is 10.9 Å². The summed E-state index contributed by atoms with van der Waals surface area (Å²) in [6.07, 6.45) is 6.96. The van der Waals surface area contributed by atoms with Crippen molar-refractivity contribution in [2.45, 2.75) is 26.2 Å². The molecule has 1 aliphatic rings. The van der Waals surface area contributed by atoms with E-state index in [1.807, 2.05) is 0 Å². The third-order valence-corrected chi connectivity index (χ3v) is 4.67. The van der Waals surface area contributed by atoms with Crippen molar-refractivity contribution < 1.29 is 4.79 Å². The molecule has 7 nitrogen and oxygen atoms in total. The van der Waals surface area contributed by atoms with Gasteiger partial charge in [0.1, 0.15) is 0 Å². The number of aromatic nitrogens is 1. The Hall–Kier alpha value is -2.15. The Kier molecular flexibility index (Phi) is 8.89. The molecule has 2 rings (SSSR count). The maximum absolute atomic E-state index is 11.9. The molecule has 0 aliphatic carbocycles. The minimum Gasteiger partial charge on any atom is -0.356 e. The fraction of sp³-hybridized carbons (Fsp3) is 0.632. The lowest BCUT2D eigenvalue weighted by atomic mass is 9.99. The molecule has 3 N–H and O–H groups in total. The van der Waals surface area contributed by atoms with Crippen LogP contribution in [0.3, 0.4) is 0 Å². The number of hydrogen-bond donors (Lipinski definition) is 3. The Morgan fingerprint density at radius 1 is 1.23 bits per heavy atom. The van der Waals surface area contributed by atoms with Crippen molar-refractivity contribution in [3.05, 3.63) is 30.1 Å². The van der Waals surface area contributed by atoms with Crippen molar-refractivity contribution in [1.82, 2.24) is 25.8 Å². The first-order valence-electron chi connectivity index (χ1n) is 9.54. The monoisotopic (exact) mass is 360 g/mol. The predicted molar refractivity (Wildman–Crippen MR) is 105 cm³/mol. The van der Waals surface area contributed by atoms with Gasteiger partial charge >= 0.3 is 0 Å². The first-order valence-corrected chi connectivity index (χ1v) is 9.54. The maximum atomic E-state index is 11.9. The summed E-state index contributed by atoms with van der Waals surface area (Å²) in [6.45, 7) is 7.98. The molecule has 7 heteroatoms. The molecule has 0 unspecified atom stereocenters. The van der Waals surface area contributed by atoms with Gasteiger partial charge in [0.2, 0.25) is 0 Å². The second kappa shape index (κ2) is 11.5. The van der Waals surface area contributed by atoms with Gasteiger partial charge in [-0.05, 0) is 56.9 Å². The first-order chi connectivity index (χ1) is 12.7. The van der Waals surface area contributed by atoms with E-state index in [9.17, 15) is 4.79 Å². The van der Waals surface area contributed by atoms with Crippen LogP contribution in [0.1, 0.15) is 36.5 Å². The van der Waals surface area contributed by atoms with E-state index in [0.29, 0.717) is 18.7 Å². The average Bonchev–Trinajstić information content (AvgIpc) is 2.68. The minimum atomic E-state index is -0.112. The molecule has 1 aromatic rings. The molecule has 0 aromatic carbocycles. The molecule has 1 aliphatic heterocycles. The lowest BCUT2D eigenvalue weighted by Crippen LogP contribution is -2.42. The molecular formula is C19H32N6O. The molecule has 0 radical (unpaired) electrons. The Morgan fingerprint density at radius 2 is 1.96 bits per heavy atom. The molecule has 2 heterocycles. The van der Waals surface area contributed by atoms with Gasteiger partial charge in [0, 0.05) is 39.1 Å². The van der Waals surface area contributed by atoms with Crippen molar-refractivity contribution in [1.29, 1.82) is 0 Å². The molecule has 0 atom stereocenters. The van der Waals surface area contributed by atoms with Gasteiger partial charge in [-0.3, -0.25) is 14.8 Å². The fourth-order valence-electron chi connectivity index (χ4n) is 2.97. The number of piperidine rings is 1. The van der Waals surface area contributed by atoms with Crippen LogP contribution in [0, 0.1) is 5.92 Å². The number of aliphatic imine (C=N–C) groups is 1. The number of likely N-dealkylation sites (tertiary alicyclic amines) is 1. The van der Waals surface area contributed by atoms with E-state index in [-0.39, 0.29) is 5.91 Å². The van der Waals surface area contributed by atoms with Crippen molar-refractivity contribution >= 4 is 11.9 Å². The van der Waals surface area contributed by atoms with Crippen molar-refractivity contribution in [3.63, 3.8) is 0 Å². The SMILES string of the molecule is CN=C(NCCCN1CCC(C)CC1)NCCNC(=O)c1cccnc1. The highest BCUT2D eigenvalue weighted by Gasteiger charge is 2.14.